The van der Waals surface area contributed by atoms with Crippen molar-refractivity contribution in [3.63, 3.8) is 0 Å². The van der Waals surface area contributed by atoms with Crippen LogP contribution in [0.1, 0.15) is 23.2 Å². The fraction of sp³-hybridized carbons (Fsp3) is 0.368. The number of nitrogens with one attached hydrogen (secondary N) is 1. The highest BCUT2D eigenvalue weighted by Crippen LogP contribution is 2.20. The minimum absolute atomic E-state index is 0.141. The number of sulfonamides is 1. The number of hydrogen-bond donors (Lipinski definition) is 1. The molecule has 26 heavy (non-hydrogen) atoms. The van der Waals surface area contributed by atoms with Crippen molar-refractivity contribution in [3.05, 3.63) is 54.4 Å². The number of nitrogens with zero attached hydrogens (tertiary/aromatic N) is 2. The summed E-state index contributed by atoms with van der Waals surface area (Å²) < 4.78 is 24.9. The summed E-state index contributed by atoms with van der Waals surface area (Å²) in [5, 5.41) is 2.95. The van der Waals surface area contributed by atoms with Crippen LogP contribution in [0.2, 0.25) is 0 Å². The maximum atomic E-state index is 12.5. The smallest absolute Gasteiger partial charge is 0.251 e. The molecule has 1 aliphatic rings. The summed E-state index contributed by atoms with van der Waals surface area (Å²) in [6, 6.07) is 11.3. The molecule has 3 rings (SSSR count). The summed E-state index contributed by atoms with van der Waals surface area (Å²) in [5.74, 6) is 0.00295. The summed E-state index contributed by atoms with van der Waals surface area (Å²) in [5.41, 5.74) is 2.56. The molecule has 1 aromatic carbocycles. The molecule has 2 heterocycles. The Bertz CT molecular complexity index is 869. The first-order valence-electron chi connectivity index (χ1n) is 8.67. The van der Waals surface area contributed by atoms with Crippen molar-refractivity contribution in [1.82, 2.24) is 14.6 Å². The number of rotatable bonds is 5. The van der Waals surface area contributed by atoms with Gasteiger partial charge in [0.2, 0.25) is 10.0 Å². The summed E-state index contributed by atoms with van der Waals surface area (Å²) in [6.07, 6.45) is 6.42. The van der Waals surface area contributed by atoms with E-state index in [0.717, 1.165) is 24.0 Å². The Morgan fingerprint density at radius 3 is 2.73 bits per heavy atom. The first-order valence-corrected chi connectivity index (χ1v) is 10.5. The van der Waals surface area contributed by atoms with Gasteiger partial charge in [0.25, 0.3) is 5.91 Å². The Kier molecular flexibility index (Phi) is 5.68. The maximum Gasteiger partial charge on any atom is 0.251 e. The van der Waals surface area contributed by atoms with Crippen molar-refractivity contribution in [3.8, 4) is 11.1 Å². The van der Waals surface area contributed by atoms with Gasteiger partial charge in [-0.2, -0.15) is 0 Å². The van der Waals surface area contributed by atoms with Crippen LogP contribution in [0, 0.1) is 5.92 Å². The van der Waals surface area contributed by atoms with E-state index >= 15 is 0 Å². The Balaban J connectivity index is 1.62. The van der Waals surface area contributed by atoms with Crippen LogP contribution in [0.15, 0.2) is 48.8 Å². The second-order valence-corrected chi connectivity index (χ2v) is 8.64. The van der Waals surface area contributed by atoms with E-state index in [9.17, 15) is 13.2 Å². The van der Waals surface area contributed by atoms with Gasteiger partial charge in [0.1, 0.15) is 0 Å². The zero-order valence-corrected chi connectivity index (χ0v) is 15.6. The van der Waals surface area contributed by atoms with Crippen LogP contribution in [0.25, 0.3) is 11.1 Å². The van der Waals surface area contributed by atoms with E-state index < -0.39 is 10.0 Å². The SMILES string of the molecule is CS(=O)(=O)N1CCC[C@H](CNC(=O)c2cccc(-c3ccncc3)c2)C1. The fourth-order valence-corrected chi connectivity index (χ4v) is 4.16. The molecule has 7 heteroatoms. The third-order valence-electron chi connectivity index (χ3n) is 4.64. The topological polar surface area (TPSA) is 79.4 Å². The molecule has 1 aromatic heterocycles. The largest absolute Gasteiger partial charge is 0.352 e. The van der Waals surface area contributed by atoms with E-state index in [1.807, 2.05) is 30.3 Å². The number of piperidine rings is 1. The summed E-state index contributed by atoms with van der Waals surface area (Å²) in [6.45, 7) is 1.51. The quantitative estimate of drug-likeness (QED) is 0.871. The van der Waals surface area contributed by atoms with E-state index in [2.05, 4.69) is 10.3 Å². The van der Waals surface area contributed by atoms with Gasteiger partial charge < -0.3 is 5.32 Å². The first kappa shape index (κ1) is 18.5. The van der Waals surface area contributed by atoms with Crippen LogP contribution < -0.4 is 5.32 Å². The van der Waals surface area contributed by atoms with Crippen molar-refractivity contribution in [1.29, 1.82) is 0 Å². The highest BCUT2D eigenvalue weighted by molar-refractivity contribution is 7.88. The van der Waals surface area contributed by atoms with Gasteiger partial charge in [-0.1, -0.05) is 12.1 Å². The van der Waals surface area contributed by atoms with Crippen LogP contribution in [0.4, 0.5) is 0 Å². The van der Waals surface area contributed by atoms with E-state index in [0.29, 0.717) is 25.2 Å². The van der Waals surface area contributed by atoms with Crippen LogP contribution in [0.3, 0.4) is 0 Å². The van der Waals surface area contributed by atoms with Gasteiger partial charge in [0, 0.05) is 37.6 Å². The number of aromatic nitrogens is 1. The second kappa shape index (κ2) is 7.97. The number of carbonyl (C=O) groups is 1. The third kappa shape index (κ3) is 4.68. The Morgan fingerprint density at radius 1 is 1.23 bits per heavy atom. The molecule has 1 amide bonds. The standard InChI is InChI=1S/C19H23N3O3S/c1-26(24,25)22-11-3-4-15(14-22)13-21-19(23)18-6-2-5-17(12-18)16-7-9-20-10-8-16/h2,5-10,12,15H,3-4,11,13-14H2,1H3,(H,21,23)/t15-/m1/s1. The molecule has 6 nitrogen and oxygen atoms in total. The van der Waals surface area contributed by atoms with Crippen LogP contribution in [-0.2, 0) is 10.0 Å². The summed E-state index contributed by atoms with van der Waals surface area (Å²) in [7, 11) is -3.17. The van der Waals surface area contributed by atoms with Crippen LogP contribution >= 0.6 is 0 Å². The van der Waals surface area contributed by atoms with Crippen molar-refractivity contribution in [2.24, 2.45) is 5.92 Å². The van der Waals surface area contributed by atoms with Gasteiger partial charge in [-0.3, -0.25) is 9.78 Å². The van der Waals surface area contributed by atoms with E-state index in [1.165, 1.54) is 10.6 Å². The molecule has 138 valence electrons. The van der Waals surface area contributed by atoms with Crippen molar-refractivity contribution in [2.45, 2.75) is 12.8 Å². The molecule has 2 aromatic rings. The average molecular weight is 373 g/mol. The number of pyridine rings is 1. The van der Waals surface area contributed by atoms with Crippen LogP contribution in [-0.4, -0.2) is 49.5 Å². The number of hydrogen-bond acceptors (Lipinski definition) is 4. The van der Waals surface area contributed by atoms with Gasteiger partial charge in [-0.15, -0.1) is 0 Å². The Hall–Kier alpha value is -2.25. The molecule has 0 radical (unpaired) electrons. The highest BCUT2D eigenvalue weighted by Gasteiger charge is 2.26. The zero-order chi connectivity index (χ0) is 18.6. The molecule has 1 saturated heterocycles. The Labute approximate surface area is 154 Å². The van der Waals surface area contributed by atoms with Gasteiger partial charge in [0.05, 0.1) is 6.26 Å². The van der Waals surface area contributed by atoms with E-state index in [4.69, 9.17) is 0 Å². The minimum atomic E-state index is -3.17. The molecule has 0 aliphatic carbocycles. The van der Waals surface area contributed by atoms with Gasteiger partial charge in [-0.25, -0.2) is 12.7 Å². The lowest BCUT2D eigenvalue weighted by molar-refractivity contribution is 0.0941. The molecule has 1 aliphatic heterocycles. The van der Waals surface area contributed by atoms with Crippen molar-refractivity contribution >= 4 is 15.9 Å². The first-order chi connectivity index (χ1) is 12.4. The third-order valence-corrected chi connectivity index (χ3v) is 5.91. The van der Waals surface area contributed by atoms with E-state index in [-0.39, 0.29) is 11.8 Å². The summed E-state index contributed by atoms with van der Waals surface area (Å²) >= 11 is 0. The molecule has 1 fully saturated rings. The van der Waals surface area contributed by atoms with Crippen molar-refractivity contribution < 1.29 is 13.2 Å². The van der Waals surface area contributed by atoms with Gasteiger partial charge in [0.15, 0.2) is 0 Å². The van der Waals surface area contributed by atoms with Gasteiger partial charge >= 0.3 is 0 Å². The molecular weight excluding hydrogens is 350 g/mol. The van der Waals surface area contributed by atoms with E-state index in [1.54, 1.807) is 18.5 Å². The summed E-state index contributed by atoms with van der Waals surface area (Å²) in [4.78, 5) is 16.5. The fourth-order valence-electron chi connectivity index (χ4n) is 3.22. The molecule has 1 atom stereocenters. The lowest BCUT2D eigenvalue weighted by atomic mass is 9.99. The normalized spacial score (nSPS) is 18.4. The number of carbonyl (C=O) groups excluding carboxylic acids is 1. The predicted molar refractivity (Wildman–Crippen MR) is 101 cm³/mol. The van der Waals surface area contributed by atoms with Gasteiger partial charge in [-0.05, 0) is 54.2 Å². The maximum absolute atomic E-state index is 12.5. The highest BCUT2D eigenvalue weighted by atomic mass is 32.2. The predicted octanol–water partition coefficient (Wildman–Crippen LogP) is 2.15. The van der Waals surface area contributed by atoms with Crippen LogP contribution in [0.5, 0.6) is 0 Å². The lowest BCUT2D eigenvalue weighted by Gasteiger charge is -2.30. The zero-order valence-electron chi connectivity index (χ0n) is 14.8. The molecule has 0 saturated carbocycles. The molecule has 1 N–H and O–H groups in total. The number of benzene rings is 1. The van der Waals surface area contributed by atoms with Crippen molar-refractivity contribution in [2.75, 3.05) is 25.9 Å². The lowest BCUT2D eigenvalue weighted by Crippen LogP contribution is -2.43. The minimum Gasteiger partial charge on any atom is -0.352 e. The second-order valence-electron chi connectivity index (χ2n) is 6.66. The molecule has 0 unspecified atom stereocenters. The molecule has 0 bridgehead atoms. The monoisotopic (exact) mass is 373 g/mol. The average Bonchev–Trinajstić information content (AvgIpc) is 2.66. The number of amides is 1. The molecular formula is C19H23N3O3S. The molecule has 0 spiro atoms. The Morgan fingerprint density at radius 2 is 2.00 bits per heavy atom.